The first-order chi connectivity index (χ1) is 10.3. The van der Waals surface area contributed by atoms with Crippen molar-refractivity contribution >= 4 is 0 Å². The molecule has 0 fully saturated rings. The topological polar surface area (TPSA) is 38.7 Å². The van der Waals surface area contributed by atoms with Crippen LogP contribution < -0.4 is 0 Å². The summed E-state index contributed by atoms with van der Waals surface area (Å²) in [4.78, 5) is 12.1. The first-order valence-corrected chi connectivity index (χ1v) is 5.09. The van der Waals surface area contributed by atoms with Gasteiger partial charge in [0.1, 0.15) is 17.5 Å². The van der Waals surface area contributed by atoms with Crippen LogP contribution in [0.5, 0.6) is 0 Å². The summed E-state index contributed by atoms with van der Waals surface area (Å²) in [7, 11) is 0. The third-order valence-corrected chi connectivity index (χ3v) is 1.98. The maximum Gasteiger partial charge on any atom is 0.137 e. The summed E-state index contributed by atoms with van der Waals surface area (Å²) in [5, 5.41) is 0. The molecule has 2 unspecified atom stereocenters. The van der Waals surface area contributed by atoms with Gasteiger partial charge in [0, 0.05) is 28.2 Å². The van der Waals surface area contributed by atoms with Crippen molar-refractivity contribution in [3.63, 3.8) is 0 Å². The fourth-order valence-corrected chi connectivity index (χ4v) is 1.05. The molecular weight excluding hydrogens is 198 g/mol. The van der Waals surface area contributed by atoms with E-state index in [9.17, 15) is 0 Å². The van der Waals surface area contributed by atoms with Gasteiger partial charge in [-0.3, -0.25) is 0 Å². The third kappa shape index (κ3) is 3.00. The molecule has 0 N–H and O–H groups in total. The highest BCUT2D eigenvalue weighted by Crippen LogP contribution is 2.22. The van der Waals surface area contributed by atoms with Crippen LogP contribution in [0.2, 0.25) is 0 Å². The Bertz CT molecular complexity index is 567. The summed E-state index contributed by atoms with van der Waals surface area (Å²) >= 11 is 0. The van der Waals surface area contributed by atoms with E-state index in [2.05, 4.69) is 15.0 Å². The Kier molecular flexibility index (Phi) is 1.56. The minimum absolute atomic E-state index is 0.146. The Morgan fingerprint density at radius 3 is 1.75 bits per heavy atom. The van der Waals surface area contributed by atoms with E-state index in [0.717, 1.165) is 13.8 Å². The third-order valence-electron chi connectivity index (χ3n) is 1.98. The van der Waals surface area contributed by atoms with Gasteiger partial charge in [0.25, 0.3) is 0 Å². The molecule has 0 saturated heterocycles. The van der Waals surface area contributed by atoms with Crippen LogP contribution >= 0.6 is 0 Å². The zero-order chi connectivity index (χ0) is 19.4. The lowest BCUT2D eigenvalue weighted by Gasteiger charge is -2.19. The van der Waals surface area contributed by atoms with Crippen LogP contribution in [-0.2, 0) is 5.41 Å². The molecule has 1 aromatic heterocycles. The van der Waals surface area contributed by atoms with E-state index in [-0.39, 0.29) is 17.5 Å². The minimum Gasteiger partial charge on any atom is -0.217 e. The Labute approximate surface area is 110 Å². The van der Waals surface area contributed by atoms with Crippen molar-refractivity contribution in [3.05, 3.63) is 17.5 Å². The van der Waals surface area contributed by atoms with Crippen LogP contribution in [0, 0.1) is 0 Å². The number of hydrogen-bond donors (Lipinski definition) is 0. The monoisotopic (exact) mass is 229 g/mol. The lowest BCUT2D eigenvalue weighted by Crippen LogP contribution is -2.20. The average Bonchev–Trinajstić information content (AvgIpc) is 2.34. The molecule has 0 aliphatic carbocycles. The molecule has 1 heterocycles. The van der Waals surface area contributed by atoms with E-state index in [0.29, 0.717) is 0 Å². The first kappa shape index (κ1) is 5.56. The Morgan fingerprint density at radius 2 is 1.44 bits per heavy atom. The highest BCUT2D eigenvalue weighted by Gasteiger charge is 2.21. The Morgan fingerprint density at radius 1 is 1.00 bits per heavy atom. The number of nitrogens with zero attached hydrogens (tertiary/aromatic N) is 3. The van der Waals surface area contributed by atoms with E-state index in [1.807, 2.05) is 0 Å². The van der Waals surface area contributed by atoms with Crippen molar-refractivity contribution in [1.29, 1.82) is 0 Å². The maximum absolute atomic E-state index is 8.16. The van der Waals surface area contributed by atoms with Crippen molar-refractivity contribution in [1.82, 2.24) is 15.0 Å². The van der Waals surface area contributed by atoms with Crippen LogP contribution in [0.25, 0.3) is 0 Å². The van der Waals surface area contributed by atoms with Crippen molar-refractivity contribution in [2.24, 2.45) is 0 Å². The Balaban J connectivity index is 3.75. The summed E-state index contributed by atoms with van der Waals surface area (Å²) in [6.07, 6.45) is 0. The standard InChI is InChI=1S/C13H23N3/c1-8(2)10-14-11(9(3)4)16-12(15-10)13(5,6)7/h8-9H,1-7H3/i1D3,3D3,8D,9D. The first-order valence-electron chi connectivity index (χ1n) is 9.09. The Hall–Kier alpha value is -0.990. The fourth-order valence-electron chi connectivity index (χ4n) is 1.05. The van der Waals surface area contributed by atoms with E-state index in [1.54, 1.807) is 20.8 Å². The molecule has 0 spiro atoms. The highest BCUT2D eigenvalue weighted by atomic mass is 15.0. The molecule has 0 bridgehead atoms. The molecule has 1 rings (SSSR count). The predicted molar refractivity (Wildman–Crippen MR) is 66.7 cm³/mol. The summed E-state index contributed by atoms with van der Waals surface area (Å²) in [5.74, 6) is -4.89. The summed E-state index contributed by atoms with van der Waals surface area (Å²) in [6, 6.07) is 0. The smallest absolute Gasteiger partial charge is 0.137 e. The van der Waals surface area contributed by atoms with Gasteiger partial charge >= 0.3 is 0 Å². The van der Waals surface area contributed by atoms with Gasteiger partial charge < -0.3 is 0 Å². The van der Waals surface area contributed by atoms with Crippen molar-refractivity contribution in [3.8, 4) is 0 Å². The molecule has 2 atom stereocenters. The quantitative estimate of drug-likeness (QED) is 0.780. The second-order valence-corrected chi connectivity index (χ2v) is 4.81. The van der Waals surface area contributed by atoms with Crippen LogP contribution in [0.15, 0.2) is 0 Å². The van der Waals surface area contributed by atoms with Gasteiger partial charge in [0.2, 0.25) is 0 Å². The molecule has 0 amide bonds. The zero-order valence-corrected chi connectivity index (χ0v) is 10.3. The molecule has 3 nitrogen and oxygen atoms in total. The van der Waals surface area contributed by atoms with Crippen LogP contribution in [0.1, 0.15) is 88.5 Å². The normalized spacial score (nSPS) is 28.8. The molecule has 0 aromatic carbocycles. The molecule has 3 heteroatoms. The molecule has 90 valence electrons. The predicted octanol–water partition coefficient (Wildman–Crippen LogP) is 3.42. The summed E-state index contributed by atoms with van der Waals surface area (Å²) in [6.45, 7) is 2.14. The molecule has 0 radical (unpaired) electrons. The second-order valence-electron chi connectivity index (χ2n) is 4.81. The van der Waals surface area contributed by atoms with Gasteiger partial charge in [0.15, 0.2) is 0 Å². The van der Waals surface area contributed by atoms with Crippen LogP contribution in [-0.4, -0.2) is 15.0 Å². The molecule has 0 aliphatic rings. The highest BCUT2D eigenvalue weighted by molar-refractivity contribution is 5.09. The fraction of sp³-hybridized carbons (Fsp3) is 0.769. The van der Waals surface area contributed by atoms with Gasteiger partial charge in [-0.1, -0.05) is 48.3 Å². The molecule has 16 heavy (non-hydrogen) atoms. The van der Waals surface area contributed by atoms with Gasteiger partial charge in [-0.05, 0) is 0 Å². The average molecular weight is 229 g/mol. The molecule has 0 saturated carbocycles. The van der Waals surface area contributed by atoms with Gasteiger partial charge in [0.05, 0.1) is 0 Å². The van der Waals surface area contributed by atoms with E-state index >= 15 is 0 Å². The van der Waals surface area contributed by atoms with E-state index < -0.39 is 30.9 Å². The van der Waals surface area contributed by atoms with Crippen LogP contribution in [0.4, 0.5) is 0 Å². The van der Waals surface area contributed by atoms with Gasteiger partial charge in [-0.25, -0.2) is 15.0 Å². The number of rotatable bonds is 2. The summed E-state index contributed by atoms with van der Waals surface area (Å²) in [5.41, 5.74) is -0.637. The van der Waals surface area contributed by atoms with Crippen molar-refractivity contribution in [2.45, 2.75) is 65.5 Å². The van der Waals surface area contributed by atoms with Crippen molar-refractivity contribution in [2.75, 3.05) is 0 Å². The number of hydrogen-bond acceptors (Lipinski definition) is 3. The number of aromatic nitrogens is 3. The SMILES string of the molecule is [2H]C([2H])([2H])C([2H])(C)c1nc(C(C)(C)C)nc(C([2H])(C)C([2H])([2H])[2H])n1. The zero-order valence-electron chi connectivity index (χ0n) is 18.3. The van der Waals surface area contributed by atoms with Crippen LogP contribution in [0.3, 0.4) is 0 Å². The molecule has 0 aliphatic heterocycles. The molecular formula is C13H23N3. The molecule has 1 aromatic rings. The lowest BCUT2D eigenvalue weighted by atomic mass is 9.95. The van der Waals surface area contributed by atoms with E-state index in [4.69, 9.17) is 11.0 Å². The summed E-state index contributed by atoms with van der Waals surface area (Å²) < 4.78 is 61.5. The maximum atomic E-state index is 8.16. The lowest BCUT2D eigenvalue weighted by molar-refractivity contribution is 0.520. The largest absolute Gasteiger partial charge is 0.217 e. The second kappa shape index (κ2) is 4.48. The minimum atomic E-state index is -2.72. The van der Waals surface area contributed by atoms with Gasteiger partial charge in [-0.2, -0.15) is 0 Å². The van der Waals surface area contributed by atoms with Crippen molar-refractivity contribution < 1.29 is 11.0 Å². The van der Waals surface area contributed by atoms with Gasteiger partial charge in [-0.15, -0.1) is 0 Å². The van der Waals surface area contributed by atoms with E-state index in [1.165, 1.54) is 0 Å².